The summed E-state index contributed by atoms with van der Waals surface area (Å²) in [5, 5.41) is 19.6. The van der Waals surface area contributed by atoms with Crippen molar-refractivity contribution in [2.75, 3.05) is 59.8 Å². The van der Waals surface area contributed by atoms with Gasteiger partial charge in [-0.15, -0.1) is 11.3 Å². The second-order valence-corrected chi connectivity index (χ2v) is 27.1. The Kier molecular flexibility index (Phi) is 29.0. The Morgan fingerprint density at radius 1 is 0.771 bits per heavy atom. The number of thiazole rings is 1. The maximum Gasteiger partial charge on any atom is 0.410 e. The normalized spacial score (nSPS) is 20.7. The molecule has 0 bridgehead atoms. The van der Waals surface area contributed by atoms with Crippen LogP contribution in [0.1, 0.15) is 135 Å². The van der Waals surface area contributed by atoms with E-state index >= 15 is 0 Å². The van der Waals surface area contributed by atoms with Crippen molar-refractivity contribution in [1.29, 1.82) is 0 Å². The number of carbonyl (C=O) groups is 9. The molecule has 4 unspecified atom stereocenters. The maximum atomic E-state index is 14.5. The van der Waals surface area contributed by atoms with Crippen LogP contribution in [0.25, 0.3) is 0 Å². The van der Waals surface area contributed by atoms with Crippen LogP contribution >= 0.6 is 11.3 Å². The number of fused-ring (bicyclic) bond motifs is 2. The molecular formula is C69H102N12O14S. The molecule has 2 aromatic carbocycles. The Morgan fingerprint density at radius 2 is 1.47 bits per heavy atom. The summed E-state index contributed by atoms with van der Waals surface area (Å²) in [6, 6.07) is 11.3. The van der Waals surface area contributed by atoms with E-state index in [1.807, 2.05) is 68.6 Å². The minimum absolute atomic E-state index is 0.0452. The number of anilines is 1. The van der Waals surface area contributed by atoms with E-state index in [0.717, 1.165) is 30.0 Å². The van der Waals surface area contributed by atoms with Crippen molar-refractivity contribution in [3.8, 4) is 0 Å². The summed E-state index contributed by atoms with van der Waals surface area (Å²) in [5.74, 6) is -4.31. The van der Waals surface area contributed by atoms with Crippen LogP contribution in [-0.2, 0) is 70.3 Å². The number of amides is 10. The van der Waals surface area contributed by atoms with E-state index in [9.17, 15) is 43.2 Å². The van der Waals surface area contributed by atoms with E-state index in [0.29, 0.717) is 49.9 Å². The largest absolute Gasteiger partial charge is 0.445 e. The number of aromatic nitrogens is 1. The Bertz CT molecular complexity index is 3070. The second kappa shape index (κ2) is 36.7. The van der Waals surface area contributed by atoms with E-state index in [2.05, 4.69) is 41.8 Å². The monoisotopic (exact) mass is 1350 g/mol. The number of likely N-dealkylation sites (tertiary alicyclic amines) is 1. The number of methoxy groups -OCH3 is 2. The molecule has 8 N–H and O–H groups in total. The van der Waals surface area contributed by atoms with E-state index < -0.39 is 96.6 Å². The fourth-order valence-corrected chi connectivity index (χ4v) is 13.6. The minimum atomic E-state index is -1.07. The molecule has 0 radical (unpaired) electrons. The van der Waals surface area contributed by atoms with Gasteiger partial charge in [-0.25, -0.2) is 19.5 Å². The number of nitrogens with zero attached hydrogens (tertiary/aromatic N) is 5. The summed E-state index contributed by atoms with van der Waals surface area (Å²) in [4.78, 5) is 134. The van der Waals surface area contributed by atoms with Crippen molar-refractivity contribution in [3.63, 3.8) is 0 Å². The molecule has 3 fully saturated rings. The standard InChI is InChI=1S/C69H102N12O14S/c1-12-43(6)59(53(91-10)38-55(83)80-35-20-24-50(80)60(92-11)44(7)61(85)76-49(65-71-33-36-96-65)37-45-21-15-13-16-22-45)78(8)56(84)39-73-64(88)58(42(4)5)79(9)69(90)93-40-46-26-28-47(29-27-46)74-62(86)48(23-19-32-72-68(70)89)75-63(87)57(41(2)3)77-54(82)25-17-14-18-34-81-66-51(94-66)30-31-52-67(81)95-52/h13,15-16,21-22,26-31,33,36,41-44,48-53,57-60,66-67H,12,14,17-20,23-25,32,34-35,37-40H2,1-11H3,(H,73,88)(H,74,86)(H,75,87)(H,76,85)(H,77,82)(H3,70,72,89)/t43-,44+,48-,49-,50-,51?,52?,53+,57-,58-,59-,60+,66?,67?/m0/s1. The van der Waals surface area contributed by atoms with Crippen LogP contribution in [0.15, 0.2) is 78.3 Å². The lowest BCUT2D eigenvalue weighted by Crippen LogP contribution is -2.55. The van der Waals surface area contributed by atoms with Gasteiger partial charge in [-0.1, -0.05) is 116 Å². The summed E-state index contributed by atoms with van der Waals surface area (Å²) in [6.07, 6.45) is 9.35. The highest BCUT2D eigenvalue weighted by Crippen LogP contribution is 2.41. The number of ether oxygens (including phenoxy) is 5. The zero-order valence-corrected chi connectivity index (χ0v) is 58.3. The van der Waals surface area contributed by atoms with Gasteiger partial charge in [-0.2, -0.15) is 0 Å². The number of benzene rings is 2. The molecule has 0 saturated carbocycles. The van der Waals surface area contributed by atoms with Gasteiger partial charge in [0.2, 0.25) is 41.4 Å². The lowest BCUT2D eigenvalue weighted by molar-refractivity contribution is -0.146. The van der Waals surface area contributed by atoms with Crippen LogP contribution in [0, 0.1) is 23.7 Å². The zero-order valence-electron chi connectivity index (χ0n) is 57.5. The SMILES string of the molecule is CC[C@H](C)[C@@H]([C@@H](CC(=O)N1CCC[C@H]1[C@H](OC)[C@@H](C)C(=O)N[C@@H](Cc1ccccc1)c1nccs1)OC)N(C)C(=O)CNC(=O)[C@H](C(C)C)N(C)C(=O)OCc1ccc(NC(=O)[C@H](CCCNC(N)=O)NC(=O)[C@@H](NC(=O)CCCCCN2C3OC3C=CC3OC32)C(C)C)cc1. The first-order valence-electron chi connectivity index (χ1n) is 33.7. The first-order chi connectivity index (χ1) is 45.9. The van der Waals surface area contributed by atoms with Gasteiger partial charge in [0, 0.05) is 71.6 Å². The third-order valence-electron chi connectivity index (χ3n) is 18.6. The number of nitrogens with one attached hydrogen (secondary N) is 6. The molecule has 14 atom stereocenters. The molecule has 4 aliphatic rings. The Hall–Kier alpha value is -7.56. The first-order valence-corrected chi connectivity index (χ1v) is 34.6. The number of hydrogen-bond donors (Lipinski definition) is 7. The smallest absolute Gasteiger partial charge is 0.410 e. The van der Waals surface area contributed by atoms with Crippen molar-refractivity contribution >= 4 is 70.5 Å². The Labute approximate surface area is 568 Å². The lowest BCUT2D eigenvalue weighted by atomic mass is 9.90. The van der Waals surface area contributed by atoms with Crippen molar-refractivity contribution in [3.05, 3.63) is 94.5 Å². The number of nitrogens with two attached hydrogens (primary N) is 1. The fraction of sp³-hybridized carbons (Fsp3) is 0.623. The molecule has 528 valence electrons. The quantitative estimate of drug-likeness (QED) is 0.0203. The molecule has 7 rings (SSSR count). The van der Waals surface area contributed by atoms with Crippen molar-refractivity contribution < 1.29 is 66.8 Å². The summed E-state index contributed by atoms with van der Waals surface area (Å²) >= 11 is 1.47. The summed E-state index contributed by atoms with van der Waals surface area (Å²) in [5.41, 5.74) is 7.24. The lowest BCUT2D eigenvalue weighted by Gasteiger charge is -2.39. The molecule has 0 spiro atoms. The highest BCUT2D eigenvalue weighted by Gasteiger charge is 2.55. The average molecular weight is 1360 g/mol. The number of hydrogen-bond acceptors (Lipinski definition) is 17. The Balaban J connectivity index is 0.874. The van der Waals surface area contributed by atoms with E-state index in [1.165, 1.54) is 35.3 Å². The van der Waals surface area contributed by atoms with Gasteiger partial charge in [-0.05, 0) is 86.0 Å². The average Bonchev–Trinajstić information content (AvgIpc) is 1.59. The zero-order chi connectivity index (χ0) is 69.8. The van der Waals surface area contributed by atoms with Crippen LogP contribution in [-0.4, -0.2) is 200 Å². The van der Waals surface area contributed by atoms with Crippen LogP contribution in [0.2, 0.25) is 0 Å². The van der Waals surface area contributed by atoms with Gasteiger partial charge in [0.05, 0.1) is 49.2 Å². The van der Waals surface area contributed by atoms with Gasteiger partial charge in [0.25, 0.3) is 0 Å². The number of urea groups is 1. The maximum absolute atomic E-state index is 14.5. The molecule has 96 heavy (non-hydrogen) atoms. The molecule has 10 amide bonds. The predicted molar refractivity (Wildman–Crippen MR) is 361 cm³/mol. The van der Waals surface area contributed by atoms with Crippen LogP contribution < -0.4 is 37.6 Å². The van der Waals surface area contributed by atoms with Gasteiger partial charge >= 0.3 is 12.1 Å². The number of rotatable bonds is 38. The number of likely N-dealkylation sites (N-methyl/N-ethyl adjacent to an activating group) is 2. The Morgan fingerprint density at radius 3 is 2.08 bits per heavy atom. The minimum Gasteiger partial charge on any atom is -0.445 e. The second-order valence-electron chi connectivity index (χ2n) is 26.2. The molecular weight excluding hydrogens is 1250 g/mol. The third kappa shape index (κ3) is 21.5. The van der Waals surface area contributed by atoms with Gasteiger partial charge in [0.15, 0.2) is 0 Å². The molecule has 4 aliphatic heterocycles. The molecule has 5 heterocycles. The van der Waals surface area contributed by atoms with Gasteiger partial charge < -0.3 is 71.1 Å². The molecule has 1 aromatic heterocycles. The molecule has 3 aromatic rings. The van der Waals surface area contributed by atoms with Crippen LogP contribution in [0.5, 0.6) is 0 Å². The van der Waals surface area contributed by atoms with Crippen molar-refractivity contribution in [1.82, 2.24) is 51.2 Å². The summed E-state index contributed by atoms with van der Waals surface area (Å²) in [7, 11) is 6.12. The number of epoxide rings is 2. The van der Waals surface area contributed by atoms with E-state index in [1.54, 1.807) is 77.2 Å². The molecule has 26 nitrogen and oxygen atoms in total. The first kappa shape index (κ1) is 75.8. The van der Waals surface area contributed by atoms with E-state index in [-0.39, 0.29) is 99.1 Å². The summed E-state index contributed by atoms with van der Waals surface area (Å²) < 4.78 is 29.2. The van der Waals surface area contributed by atoms with Crippen molar-refractivity contribution in [2.45, 2.75) is 199 Å². The molecule has 27 heteroatoms. The summed E-state index contributed by atoms with van der Waals surface area (Å²) in [6.45, 7) is 13.7. The molecule has 0 aliphatic carbocycles. The predicted octanol–water partition coefficient (Wildman–Crippen LogP) is 5.77. The van der Waals surface area contributed by atoms with Crippen molar-refractivity contribution in [2.24, 2.45) is 29.4 Å². The number of carbonyl (C=O) groups excluding carboxylic acids is 9. The highest BCUT2D eigenvalue weighted by molar-refractivity contribution is 7.09. The van der Waals surface area contributed by atoms with Gasteiger partial charge in [-0.3, -0.25) is 38.5 Å². The van der Waals surface area contributed by atoms with E-state index in [4.69, 9.17) is 29.4 Å². The topological polar surface area (TPSA) is 330 Å². The highest BCUT2D eigenvalue weighted by atomic mass is 32.1. The third-order valence-corrected chi connectivity index (χ3v) is 19.5. The number of unbranched alkanes of at least 4 members (excludes halogenated alkanes) is 2. The van der Waals surface area contributed by atoms with Gasteiger partial charge in [0.1, 0.15) is 54.4 Å². The van der Waals surface area contributed by atoms with Crippen LogP contribution in [0.4, 0.5) is 15.3 Å². The van der Waals surface area contributed by atoms with Crippen LogP contribution in [0.3, 0.4) is 0 Å². The fourth-order valence-electron chi connectivity index (χ4n) is 12.9. The molecule has 3 saturated heterocycles. The number of primary amides is 1.